The summed E-state index contributed by atoms with van der Waals surface area (Å²) in [5, 5.41) is 0. The van der Waals surface area contributed by atoms with Crippen molar-refractivity contribution < 1.29 is 0 Å². The Hall–Kier alpha value is -0.980. The fourth-order valence-corrected chi connectivity index (χ4v) is 3.75. The van der Waals surface area contributed by atoms with Crippen molar-refractivity contribution in [2.45, 2.75) is 45.4 Å². The van der Waals surface area contributed by atoms with E-state index in [2.05, 4.69) is 51.7 Å². The molecule has 3 rings (SSSR count). The molecule has 1 aromatic carbocycles. The van der Waals surface area contributed by atoms with Crippen molar-refractivity contribution in [2.24, 2.45) is 0 Å². The van der Waals surface area contributed by atoms with Crippen molar-refractivity contribution >= 4 is 5.69 Å². The Balaban J connectivity index is 2.34. The molecule has 86 valence electrons. The summed E-state index contributed by atoms with van der Waals surface area (Å²) in [6.07, 6.45) is 0. The third-order valence-corrected chi connectivity index (χ3v) is 4.28. The van der Waals surface area contributed by atoms with Gasteiger partial charge in [-0.3, -0.25) is 0 Å². The normalized spacial score (nSPS) is 23.7. The molecule has 1 aromatic rings. The topological polar surface area (TPSA) is 3.24 Å². The Bertz CT molecular complexity index is 469. The molecule has 0 amide bonds. The minimum Gasteiger partial charge on any atom is -0.369 e. The largest absolute Gasteiger partial charge is 0.369 e. The van der Waals surface area contributed by atoms with Crippen LogP contribution in [0.4, 0.5) is 5.69 Å². The van der Waals surface area contributed by atoms with Gasteiger partial charge in [0.2, 0.25) is 0 Å². The van der Waals surface area contributed by atoms with Crippen LogP contribution in [0.15, 0.2) is 12.1 Å². The average molecular weight is 215 g/mol. The van der Waals surface area contributed by atoms with Gasteiger partial charge in [0.1, 0.15) is 0 Å². The first-order valence-electron chi connectivity index (χ1n) is 6.22. The van der Waals surface area contributed by atoms with E-state index in [4.69, 9.17) is 0 Å². The second-order valence-electron chi connectivity index (χ2n) is 6.78. The number of aryl methyl sites for hydroxylation is 1. The van der Waals surface area contributed by atoms with Gasteiger partial charge in [-0.15, -0.1) is 0 Å². The van der Waals surface area contributed by atoms with Gasteiger partial charge in [0.05, 0.1) is 0 Å². The first-order valence-corrected chi connectivity index (χ1v) is 6.22. The van der Waals surface area contributed by atoms with Crippen LogP contribution in [0.5, 0.6) is 0 Å². The molecule has 0 spiro atoms. The Morgan fingerprint density at radius 3 is 2.31 bits per heavy atom. The summed E-state index contributed by atoms with van der Waals surface area (Å²) in [6, 6.07) is 4.65. The molecule has 0 atom stereocenters. The maximum atomic E-state index is 2.59. The van der Waals surface area contributed by atoms with Crippen LogP contribution in [0, 0.1) is 6.92 Å². The van der Waals surface area contributed by atoms with E-state index in [-0.39, 0.29) is 0 Å². The van der Waals surface area contributed by atoms with Crippen LogP contribution in [0.1, 0.15) is 44.4 Å². The Kier molecular flexibility index (Phi) is 1.68. The van der Waals surface area contributed by atoms with Crippen LogP contribution < -0.4 is 4.90 Å². The van der Waals surface area contributed by atoms with E-state index >= 15 is 0 Å². The van der Waals surface area contributed by atoms with Crippen LogP contribution in [-0.2, 0) is 10.8 Å². The van der Waals surface area contributed by atoms with E-state index in [1.165, 1.54) is 18.7 Å². The molecule has 16 heavy (non-hydrogen) atoms. The second-order valence-corrected chi connectivity index (χ2v) is 6.78. The molecule has 2 aliphatic rings. The number of hydrogen-bond donors (Lipinski definition) is 0. The number of anilines is 1. The van der Waals surface area contributed by atoms with Crippen molar-refractivity contribution in [3.05, 3.63) is 28.8 Å². The van der Waals surface area contributed by atoms with Crippen LogP contribution in [0.3, 0.4) is 0 Å². The zero-order chi connectivity index (χ0) is 11.7. The van der Waals surface area contributed by atoms with Crippen molar-refractivity contribution in [1.82, 2.24) is 0 Å². The minimum absolute atomic E-state index is 0.325. The molecule has 0 aromatic heterocycles. The molecule has 1 nitrogen and oxygen atoms in total. The highest BCUT2D eigenvalue weighted by atomic mass is 15.2. The van der Waals surface area contributed by atoms with E-state index in [1.54, 1.807) is 16.8 Å². The highest BCUT2D eigenvalue weighted by Gasteiger charge is 2.46. The lowest BCUT2D eigenvalue weighted by molar-refractivity contribution is 0.497. The van der Waals surface area contributed by atoms with Crippen LogP contribution >= 0.6 is 0 Å². The van der Waals surface area contributed by atoms with Gasteiger partial charge in [0.15, 0.2) is 0 Å². The first kappa shape index (κ1) is 10.2. The summed E-state index contributed by atoms with van der Waals surface area (Å²) < 4.78 is 0. The van der Waals surface area contributed by atoms with E-state index < -0.39 is 0 Å². The molecule has 0 radical (unpaired) electrons. The van der Waals surface area contributed by atoms with Gasteiger partial charge in [-0.05, 0) is 23.6 Å². The van der Waals surface area contributed by atoms with Crippen molar-refractivity contribution in [3.8, 4) is 0 Å². The Morgan fingerprint density at radius 2 is 1.62 bits per heavy atom. The molecular weight excluding hydrogens is 194 g/mol. The van der Waals surface area contributed by atoms with Gasteiger partial charge in [-0.25, -0.2) is 0 Å². The van der Waals surface area contributed by atoms with Crippen molar-refractivity contribution in [1.29, 1.82) is 0 Å². The average Bonchev–Trinajstić information content (AvgIpc) is 2.50. The van der Waals surface area contributed by atoms with E-state index in [9.17, 15) is 0 Å². The molecule has 0 bridgehead atoms. The SMILES string of the molecule is Cc1ccc2c3c1C(C)(C)CN3CC2(C)C. The summed E-state index contributed by atoms with van der Waals surface area (Å²) in [5.74, 6) is 0. The van der Waals surface area contributed by atoms with Gasteiger partial charge in [0.25, 0.3) is 0 Å². The predicted octanol–water partition coefficient (Wildman–Crippen LogP) is 3.38. The zero-order valence-electron chi connectivity index (χ0n) is 11.0. The summed E-state index contributed by atoms with van der Waals surface area (Å²) in [7, 11) is 0. The molecule has 0 N–H and O–H groups in total. The fraction of sp³-hybridized carbons (Fsp3) is 0.600. The number of hydrogen-bond acceptors (Lipinski definition) is 1. The summed E-state index contributed by atoms with van der Waals surface area (Å²) in [6.45, 7) is 14.1. The molecule has 0 fully saturated rings. The molecule has 0 aliphatic carbocycles. The summed E-state index contributed by atoms with van der Waals surface area (Å²) in [4.78, 5) is 2.59. The Labute approximate surface area is 98.5 Å². The Morgan fingerprint density at radius 1 is 1.00 bits per heavy atom. The van der Waals surface area contributed by atoms with E-state index in [0.717, 1.165) is 0 Å². The third kappa shape index (κ3) is 1.07. The lowest BCUT2D eigenvalue weighted by Gasteiger charge is -2.27. The van der Waals surface area contributed by atoms with E-state index in [1.807, 2.05) is 0 Å². The molecule has 0 unspecified atom stereocenters. The standard InChI is InChI=1S/C15H21N/c1-10-6-7-11-13-12(10)15(4,5)9-16(13)8-14(11,2)3/h6-7H,8-9H2,1-5H3. The number of nitrogens with zero attached hydrogens (tertiary/aromatic N) is 1. The molecule has 2 heterocycles. The monoisotopic (exact) mass is 215 g/mol. The van der Waals surface area contributed by atoms with Crippen LogP contribution in [0.25, 0.3) is 0 Å². The van der Waals surface area contributed by atoms with Gasteiger partial charge < -0.3 is 4.90 Å². The molecule has 0 saturated heterocycles. The lowest BCUT2D eigenvalue weighted by Crippen LogP contribution is -2.33. The highest BCUT2D eigenvalue weighted by molar-refractivity contribution is 5.74. The van der Waals surface area contributed by atoms with Gasteiger partial charge in [0, 0.05) is 29.6 Å². The van der Waals surface area contributed by atoms with Crippen molar-refractivity contribution in [2.75, 3.05) is 18.0 Å². The van der Waals surface area contributed by atoms with Gasteiger partial charge >= 0.3 is 0 Å². The number of rotatable bonds is 0. The minimum atomic E-state index is 0.325. The smallest absolute Gasteiger partial charge is 0.0446 e. The maximum absolute atomic E-state index is 2.59. The predicted molar refractivity (Wildman–Crippen MR) is 69.4 cm³/mol. The van der Waals surface area contributed by atoms with Crippen molar-refractivity contribution in [3.63, 3.8) is 0 Å². The lowest BCUT2D eigenvalue weighted by atomic mass is 9.78. The molecule has 1 heteroatoms. The molecule has 0 saturated carbocycles. The molecule has 2 aliphatic heterocycles. The third-order valence-electron chi connectivity index (χ3n) is 4.28. The first-order chi connectivity index (χ1) is 7.33. The van der Waals surface area contributed by atoms with Gasteiger partial charge in [-0.2, -0.15) is 0 Å². The highest BCUT2D eigenvalue weighted by Crippen LogP contribution is 2.52. The van der Waals surface area contributed by atoms with Crippen LogP contribution in [-0.4, -0.2) is 13.1 Å². The zero-order valence-corrected chi connectivity index (χ0v) is 11.0. The summed E-state index contributed by atoms with van der Waals surface area (Å²) in [5.41, 5.74) is 6.81. The number of benzene rings is 1. The maximum Gasteiger partial charge on any atom is 0.0446 e. The van der Waals surface area contributed by atoms with Crippen LogP contribution in [0.2, 0.25) is 0 Å². The van der Waals surface area contributed by atoms with E-state index in [0.29, 0.717) is 10.8 Å². The second kappa shape index (κ2) is 2.64. The quantitative estimate of drug-likeness (QED) is 0.641. The van der Waals surface area contributed by atoms with Gasteiger partial charge in [-0.1, -0.05) is 39.8 Å². The molecular formula is C15H21N. The summed E-state index contributed by atoms with van der Waals surface area (Å²) >= 11 is 0. The fourth-order valence-electron chi connectivity index (χ4n) is 3.75.